The molecule has 2 N–H and O–H groups in total. The van der Waals surface area contributed by atoms with Gasteiger partial charge in [0.2, 0.25) is 5.91 Å². The molecule has 2 rings (SSSR count). The molecule has 1 atom stereocenters. The van der Waals surface area contributed by atoms with E-state index < -0.39 is 68.4 Å². The van der Waals surface area contributed by atoms with Crippen LogP contribution in [0, 0.1) is 11.6 Å². The number of alkyl halides is 6. The summed E-state index contributed by atoms with van der Waals surface area (Å²) in [5.41, 5.74) is 0.355. The van der Waals surface area contributed by atoms with Crippen molar-refractivity contribution in [3.8, 4) is 0 Å². The van der Waals surface area contributed by atoms with Crippen molar-refractivity contribution in [1.82, 2.24) is 0 Å². The highest BCUT2D eigenvalue weighted by Gasteiger charge is 2.41. The van der Waals surface area contributed by atoms with Crippen molar-refractivity contribution in [2.24, 2.45) is 5.73 Å². The molecule has 0 aliphatic rings. The Morgan fingerprint density at radius 1 is 1.03 bits per heavy atom. The molecule has 0 bridgehead atoms. The molecular weight excluding hydrogens is 497 g/mol. The van der Waals surface area contributed by atoms with Crippen molar-refractivity contribution in [2.45, 2.75) is 18.3 Å². The lowest BCUT2D eigenvalue weighted by Gasteiger charge is -2.19. The maximum absolute atomic E-state index is 14.5. The van der Waals surface area contributed by atoms with Gasteiger partial charge in [0.05, 0.1) is 15.6 Å². The van der Waals surface area contributed by atoms with E-state index in [0.717, 1.165) is 0 Å². The quantitative estimate of drug-likeness (QED) is 0.374. The van der Waals surface area contributed by atoms with Gasteiger partial charge in [-0.2, -0.15) is 26.3 Å². The van der Waals surface area contributed by atoms with Crippen molar-refractivity contribution in [3.63, 3.8) is 0 Å². The normalized spacial score (nSPS) is 14.0. The molecule has 0 spiro atoms. The molecule has 30 heavy (non-hydrogen) atoms. The van der Waals surface area contributed by atoms with Crippen LogP contribution in [0.2, 0.25) is 0 Å². The lowest BCUT2D eigenvalue weighted by Crippen LogP contribution is -2.20. The van der Waals surface area contributed by atoms with Crippen molar-refractivity contribution in [1.29, 1.82) is 0 Å². The zero-order chi connectivity index (χ0) is 23.0. The molecule has 2 aromatic carbocycles. The second kappa shape index (κ2) is 8.32. The highest BCUT2D eigenvalue weighted by molar-refractivity contribution is 9.10. The van der Waals surface area contributed by atoms with Crippen LogP contribution in [-0.2, 0) is 6.18 Å². The van der Waals surface area contributed by atoms with Crippen LogP contribution < -0.4 is 5.73 Å². The van der Waals surface area contributed by atoms with E-state index in [1.54, 1.807) is 0 Å². The molecule has 0 fully saturated rings. The van der Waals surface area contributed by atoms with Crippen molar-refractivity contribution >= 4 is 27.7 Å². The number of carbonyl (C=O) groups is 1. The van der Waals surface area contributed by atoms with Gasteiger partial charge >= 0.3 is 12.4 Å². The van der Waals surface area contributed by atoms with Gasteiger partial charge in [-0.05, 0) is 51.8 Å². The first-order chi connectivity index (χ1) is 13.6. The third-order valence-electron chi connectivity index (χ3n) is 3.90. The molecule has 0 aliphatic carbocycles. The van der Waals surface area contributed by atoms with Crippen LogP contribution in [0.4, 0.5) is 39.5 Å². The number of benzene rings is 2. The topological polar surface area (TPSA) is 43.1 Å². The zero-order valence-electron chi connectivity index (χ0n) is 14.3. The Labute approximate surface area is 171 Å². The summed E-state index contributed by atoms with van der Waals surface area (Å²) < 4.78 is 120. The van der Waals surface area contributed by atoms with Gasteiger partial charge in [0.25, 0.3) is 0 Å². The lowest BCUT2D eigenvalue weighted by molar-refractivity contribution is -0.140. The molecule has 2 aromatic rings. The number of halogens is 10. The van der Waals surface area contributed by atoms with Crippen molar-refractivity contribution in [3.05, 3.63) is 74.8 Å². The summed E-state index contributed by atoms with van der Waals surface area (Å²) >= 11 is 2.53. The monoisotopic (exact) mass is 505 g/mol. The van der Waals surface area contributed by atoms with Crippen LogP contribution in [-0.4, -0.2) is 12.1 Å². The predicted molar refractivity (Wildman–Crippen MR) is 91.9 cm³/mol. The molecule has 12 heteroatoms. The van der Waals surface area contributed by atoms with Gasteiger partial charge < -0.3 is 5.73 Å². The first-order valence-corrected chi connectivity index (χ1v) is 8.52. The van der Waals surface area contributed by atoms with Gasteiger partial charge in [-0.25, -0.2) is 13.2 Å². The standard InChI is InChI=1S/C18H9BrF9NO/c19-12-4-8(5-14(21)15(12)22)10(17(23,24)25)6-13(20)7-1-2-9(16(29)30)11(3-7)18(26,27)28/h1-6,10H,(H2,29,30)/b13-6-. The molecular formula is C18H9BrF9NO. The second-order valence-electron chi connectivity index (χ2n) is 5.95. The Kier molecular flexibility index (Phi) is 6.60. The average Bonchev–Trinajstić information content (AvgIpc) is 2.61. The van der Waals surface area contributed by atoms with E-state index >= 15 is 0 Å². The minimum absolute atomic E-state index is 0.0848. The summed E-state index contributed by atoms with van der Waals surface area (Å²) in [6.45, 7) is 0. The van der Waals surface area contributed by atoms with Crippen LogP contribution in [0.25, 0.3) is 5.83 Å². The summed E-state index contributed by atoms with van der Waals surface area (Å²) in [4.78, 5) is 11.1. The van der Waals surface area contributed by atoms with Gasteiger partial charge in [-0.15, -0.1) is 0 Å². The summed E-state index contributed by atoms with van der Waals surface area (Å²) in [6, 6.07) is 2.04. The number of nitrogens with two attached hydrogens (primary N) is 1. The minimum atomic E-state index is -5.19. The Bertz CT molecular complexity index is 989. The molecule has 1 amide bonds. The molecule has 162 valence electrons. The highest BCUT2D eigenvalue weighted by atomic mass is 79.9. The highest BCUT2D eigenvalue weighted by Crippen LogP contribution is 2.41. The third kappa shape index (κ3) is 5.15. The van der Waals surface area contributed by atoms with E-state index in [9.17, 15) is 44.3 Å². The molecule has 0 saturated heterocycles. The second-order valence-corrected chi connectivity index (χ2v) is 6.81. The van der Waals surface area contributed by atoms with Gasteiger partial charge in [0, 0.05) is 5.56 Å². The van der Waals surface area contributed by atoms with Crippen molar-refractivity contribution in [2.75, 3.05) is 0 Å². The van der Waals surface area contributed by atoms with Gasteiger partial charge in [0.15, 0.2) is 11.6 Å². The van der Waals surface area contributed by atoms with E-state index in [2.05, 4.69) is 15.9 Å². The Morgan fingerprint density at radius 2 is 1.63 bits per heavy atom. The molecule has 2 nitrogen and oxygen atoms in total. The van der Waals surface area contributed by atoms with E-state index in [1.165, 1.54) is 0 Å². The Balaban J connectivity index is 2.62. The number of hydrogen-bond donors (Lipinski definition) is 1. The fourth-order valence-corrected chi connectivity index (χ4v) is 2.97. The predicted octanol–water partition coefficient (Wildman–Crippen LogP) is 6.50. The van der Waals surface area contributed by atoms with Crippen LogP contribution in [0.15, 0.2) is 40.9 Å². The maximum Gasteiger partial charge on any atom is 0.417 e. The number of allylic oxidation sites excluding steroid dienone is 1. The number of carbonyl (C=O) groups excluding carboxylic acids is 1. The van der Waals surface area contributed by atoms with E-state index in [1.807, 2.05) is 0 Å². The van der Waals surface area contributed by atoms with Crippen LogP contribution in [0.5, 0.6) is 0 Å². The minimum Gasteiger partial charge on any atom is -0.366 e. The van der Waals surface area contributed by atoms with Crippen molar-refractivity contribution < 1.29 is 44.3 Å². The molecule has 0 aromatic heterocycles. The summed E-state index contributed by atoms with van der Waals surface area (Å²) in [5, 5.41) is 0. The van der Waals surface area contributed by atoms with E-state index in [4.69, 9.17) is 5.73 Å². The van der Waals surface area contributed by atoms with Gasteiger partial charge in [0.1, 0.15) is 11.7 Å². The maximum atomic E-state index is 14.5. The summed E-state index contributed by atoms with van der Waals surface area (Å²) in [6.07, 6.45) is -10.4. The Hall–Kier alpha value is -2.50. The molecule has 0 radical (unpaired) electrons. The number of primary amides is 1. The number of amides is 1. The van der Waals surface area contributed by atoms with Gasteiger partial charge in [-0.3, -0.25) is 4.79 Å². The van der Waals surface area contributed by atoms with Crippen LogP contribution in [0.1, 0.15) is 33.0 Å². The largest absolute Gasteiger partial charge is 0.417 e. The zero-order valence-corrected chi connectivity index (χ0v) is 15.9. The lowest BCUT2D eigenvalue weighted by atomic mass is 9.95. The number of hydrogen-bond acceptors (Lipinski definition) is 1. The Morgan fingerprint density at radius 3 is 2.10 bits per heavy atom. The smallest absolute Gasteiger partial charge is 0.366 e. The molecule has 0 saturated carbocycles. The van der Waals surface area contributed by atoms with Crippen LogP contribution in [0.3, 0.4) is 0 Å². The first kappa shape index (κ1) is 23.8. The fourth-order valence-electron chi connectivity index (χ4n) is 2.52. The third-order valence-corrected chi connectivity index (χ3v) is 4.47. The van der Waals surface area contributed by atoms with Gasteiger partial charge in [-0.1, -0.05) is 6.07 Å². The first-order valence-electron chi connectivity index (χ1n) is 7.72. The molecule has 0 heterocycles. The fraction of sp³-hybridized carbons (Fsp3) is 0.167. The average molecular weight is 506 g/mol. The van der Waals surface area contributed by atoms with E-state index in [0.29, 0.717) is 18.2 Å². The van der Waals surface area contributed by atoms with E-state index in [-0.39, 0.29) is 18.2 Å². The summed E-state index contributed by atoms with van der Waals surface area (Å²) in [7, 11) is 0. The van der Waals surface area contributed by atoms with Crippen LogP contribution >= 0.6 is 15.9 Å². The summed E-state index contributed by atoms with van der Waals surface area (Å²) in [5.74, 6) is -9.14. The number of rotatable bonds is 4. The molecule has 1 unspecified atom stereocenters. The SMILES string of the molecule is NC(=O)c1ccc(/C(F)=C/C(c2cc(F)c(F)c(Br)c2)C(F)(F)F)cc1C(F)(F)F. The molecule has 0 aliphatic heterocycles.